The van der Waals surface area contributed by atoms with Gasteiger partial charge in [-0.3, -0.25) is 4.79 Å². The second kappa shape index (κ2) is 5.43. The van der Waals surface area contributed by atoms with Gasteiger partial charge in [-0.2, -0.15) is 0 Å². The summed E-state index contributed by atoms with van der Waals surface area (Å²) in [5, 5.41) is 8.85. The number of carbonyl (C=O) groups is 2. The van der Waals surface area contributed by atoms with Crippen LogP contribution in [0.5, 0.6) is 0 Å². The number of hydrogen-bond acceptors (Lipinski definition) is 4. The predicted octanol–water partition coefficient (Wildman–Crippen LogP) is 1.57. The van der Waals surface area contributed by atoms with Crippen LogP contribution >= 0.6 is 0 Å². The van der Waals surface area contributed by atoms with Crippen molar-refractivity contribution in [2.75, 3.05) is 13.2 Å². The van der Waals surface area contributed by atoms with E-state index >= 15 is 0 Å². The Morgan fingerprint density at radius 3 is 2.72 bits per heavy atom. The molecule has 2 rings (SSSR count). The van der Waals surface area contributed by atoms with Crippen LogP contribution in [0, 0.1) is 23.1 Å². The van der Waals surface area contributed by atoms with Crippen molar-refractivity contribution in [1.82, 2.24) is 4.90 Å². The highest BCUT2D eigenvalue weighted by atomic mass is 16.6. The number of carbonyl (C=O) groups excluding carboxylic acids is 2. The van der Waals surface area contributed by atoms with E-state index in [9.17, 15) is 9.59 Å². The highest BCUT2D eigenvalue weighted by molar-refractivity contribution is 6.67. The van der Waals surface area contributed by atoms with Crippen LogP contribution in [0.4, 0.5) is 4.79 Å². The van der Waals surface area contributed by atoms with Crippen LogP contribution in [0.15, 0.2) is 0 Å². The summed E-state index contributed by atoms with van der Waals surface area (Å²) in [6.45, 7) is 2.69. The average molecular weight is 248 g/mol. The van der Waals surface area contributed by atoms with Crippen molar-refractivity contribution < 1.29 is 14.3 Å². The fourth-order valence-electron chi connectivity index (χ4n) is 2.79. The Morgan fingerprint density at radius 2 is 2.22 bits per heavy atom. The van der Waals surface area contributed by atoms with Crippen LogP contribution in [0.25, 0.3) is 0 Å². The lowest BCUT2D eigenvalue weighted by atomic mass is 9.41. The number of imide groups is 1. The summed E-state index contributed by atoms with van der Waals surface area (Å²) < 4.78 is 4.78. The van der Waals surface area contributed by atoms with Crippen molar-refractivity contribution in [2.24, 2.45) is 11.8 Å². The number of nitriles is 1. The maximum absolute atomic E-state index is 12.2. The van der Waals surface area contributed by atoms with Crippen molar-refractivity contribution in [3.05, 3.63) is 0 Å². The lowest BCUT2D eigenvalue weighted by molar-refractivity contribution is -0.133. The van der Waals surface area contributed by atoms with E-state index in [1.54, 1.807) is 0 Å². The van der Waals surface area contributed by atoms with Crippen molar-refractivity contribution >= 4 is 18.7 Å². The Labute approximate surface area is 107 Å². The second-order valence-corrected chi connectivity index (χ2v) is 5.13. The first-order valence-electron chi connectivity index (χ1n) is 6.51. The fraction of sp³-hybridized carbons (Fsp3) is 0.750. The van der Waals surface area contributed by atoms with Gasteiger partial charge in [0.05, 0.1) is 6.54 Å². The van der Waals surface area contributed by atoms with E-state index in [1.165, 1.54) is 4.90 Å². The molecule has 0 aromatic heterocycles. The van der Waals surface area contributed by atoms with Crippen molar-refractivity contribution in [1.29, 1.82) is 5.26 Å². The molecule has 0 unspecified atom stereocenters. The molecule has 0 bridgehead atoms. The summed E-state index contributed by atoms with van der Waals surface area (Å²) in [6, 6.07) is 0. The zero-order valence-corrected chi connectivity index (χ0v) is 10.6. The van der Waals surface area contributed by atoms with Gasteiger partial charge >= 0.3 is 6.09 Å². The Morgan fingerprint density at radius 1 is 1.56 bits per heavy atom. The average Bonchev–Trinajstić information content (AvgIpc) is 2.83. The van der Waals surface area contributed by atoms with Crippen LogP contribution < -0.4 is 0 Å². The Bertz CT molecular complexity index is 385. The summed E-state index contributed by atoms with van der Waals surface area (Å²) in [5.74, 6) is 2.29. The van der Waals surface area contributed by atoms with E-state index < -0.39 is 6.09 Å². The molecule has 0 radical (unpaired) electrons. The summed E-state index contributed by atoms with van der Waals surface area (Å²) in [4.78, 5) is 24.7. The topological polar surface area (TPSA) is 70.4 Å². The minimum atomic E-state index is -0.516. The summed E-state index contributed by atoms with van der Waals surface area (Å²) in [6.07, 6.45) is 3.01. The van der Waals surface area contributed by atoms with E-state index in [0.29, 0.717) is 13.2 Å². The Balaban J connectivity index is 1.91. The third kappa shape index (κ3) is 2.50. The van der Waals surface area contributed by atoms with E-state index in [1.807, 2.05) is 6.92 Å². The maximum atomic E-state index is 12.2. The molecule has 0 aromatic rings. The molecule has 0 N–H and O–H groups in total. The van der Waals surface area contributed by atoms with Gasteiger partial charge in [0, 0.05) is 11.9 Å². The van der Waals surface area contributed by atoms with Gasteiger partial charge in [0.1, 0.15) is 6.61 Å². The highest BCUT2D eigenvalue weighted by Gasteiger charge is 2.36. The molecular formula is C12H17BN2O3. The molecule has 2 aliphatic heterocycles. The van der Waals surface area contributed by atoms with E-state index in [2.05, 4.69) is 5.97 Å². The Hall–Kier alpha value is -1.51. The van der Waals surface area contributed by atoms with Crippen molar-refractivity contribution in [2.45, 2.75) is 32.4 Å². The first-order chi connectivity index (χ1) is 8.63. The SMILES string of the molecule is C[C@H](C(=O)N1CCOC1=O)C1CCB(C#N)CC1. The van der Waals surface area contributed by atoms with Gasteiger partial charge in [0.25, 0.3) is 6.71 Å². The maximum Gasteiger partial charge on any atom is 0.416 e. The van der Waals surface area contributed by atoms with Crippen LogP contribution in [0.2, 0.25) is 12.6 Å². The smallest absolute Gasteiger partial charge is 0.416 e. The van der Waals surface area contributed by atoms with E-state index in [-0.39, 0.29) is 24.5 Å². The Kier molecular flexibility index (Phi) is 3.90. The predicted molar refractivity (Wildman–Crippen MR) is 65.9 cm³/mol. The highest BCUT2D eigenvalue weighted by Crippen LogP contribution is 2.32. The minimum Gasteiger partial charge on any atom is -0.447 e. The molecule has 6 heteroatoms. The molecule has 0 saturated carbocycles. The molecular weight excluding hydrogens is 231 g/mol. The normalized spacial score (nSPS) is 22.6. The van der Waals surface area contributed by atoms with Crippen LogP contribution in [-0.4, -0.2) is 36.8 Å². The number of amides is 2. The largest absolute Gasteiger partial charge is 0.447 e. The number of ether oxygens (including phenoxy) is 1. The summed E-state index contributed by atoms with van der Waals surface area (Å²) >= 11 is 0. The minimum absolute atomic E-state index is 0.127. The molecule has 0 spiro atoms. The molecule has 1 atom stereocenters. The molecule has 18 heavy (non-hydrogen) atoms. The zero-order valence-electron chi connectivity index (χ0n) is 10.6. The van der Waals surface area contributed by atoms with E-state index in [4.69, 9.17) is 10.00 Å². The fourth-order valence-corrected chi connectivity index (χ4v) is 2.79. The monoisotopic (exact) mass is 248 g/mol. The molecule has 5 nitrogen and oxygen atoms in total. The molecule has 0 aliphatic carbocycles. The summed E-state index contributed by atoms with van der Waals surface area (Å²) in [7, 11) is 0. The van der Waals surface area contributed by atoms with Gasteiger partial charge in [0.2, 0.25) is 5.91 Å². The molecule has 2 saturated heterocycles. The lowest BCUT2D eigenvalue weighted by Crippen LogP contribution is -2.39. The first-order valence-corrected chi connectivity index (χ1v) is 6.51. The molecule has 2 aliphatic rings. The first kappa shape index (κ1) is 12.9. The zero-order chi connectivity index (χ0) is 13.1. The van der Waals surface area contributed by atoms with Gasteiger partial charge in [-0.15, -0.1) is 0 Å². The quantitative estimate of drug-likeness (QED) is 0.695. The van der Waals surface area contributed by atoms with E-state index in [0.717, 1.165) is 25.5 Å². The standard InChI is InChI=1S/C12H17BN2O3/c1-9(10-2-4-13(8-14)5-3-10)11(16)15-6-7-18-12(15)17/h9-10H,2-7H2,1H3/t9-/m0/s1. The molecule has 96 valence electrons. The van der Waals surface area contributed by atoms with Gasteiger partial charge in [-0.1, -0.05) is 32.4 Å². The van der Waals surface area contributed by atoms with Crippen LogP contribution in [0.3, 0.4) is 0 Å². The van der Waals surface area contributed by atoms with Gasteiger partial charge in [-0.05, 0) is 5.92 Å². The second-order valence-electron chi connectivity index (χ2n) is 5.13. The number of rotatable bonds is 2. The third-order valence-electron chi connectivity index (χ3n) is 4.08. The molecule has 2 heterocycles. The van der Waals surface area contributed by atoms with Crippen LogP contribution in [-0.2, 0) is 9.53 Å². The molecule has 2 amide bonds. The molecule has 0 aromatic carbocycles. The van der Waals surface area contributed by atoms with Gasteiger partial charge in [0.15, 0.2) is 0 Å². The number of cyclic esters (lactones) is 1. The van der Waals surface area contributed by atoms with Crippen LogP contribution in [0.1, 0.15) is 19.8 Å². The number of nitrogens with zero attached hydrogens (tertiary/aromatic N) is 2. The van der Waals surface area contributed by atoms with Gasteiger partial charge < -0.3 is 4.74 Å². The lowest BCUT2D eigenvalue weighted by Gasteiger charge is -2.29. The molecule has 2 fully saturated rings. The van der Waals surface area contributed by atoms with Crippen molar-refractivity contribution in [3.8, 4) is 5.97 Å². The summed E-state index contributed by atoms with van der Waals surface area (Å²) in [5.41, 5.74) is 0. The van der Waals surface area contributed by atoms with Crippen molar-refractivity contribution in [3.63, 3.8) is 0 Å². The number of hydrogen-bond donors (Lipinski definition) is 0. The van der Waals surface area contributed by atoms with Gasteiger partial charge in [-0.25, -0.2) is 15.0 Å². The third-order valence-corrected chi connectivity index (χ3v) is 4.08.